The molecule has 0 radical (unpaired) electrons. The Bertz CT molecular complexity index is 298. The van der Waals surface area contributed by atoms with Gasteiger partial charge in [-0.1, -0.05) is 19.8 Å². The summed E-state index contributed by atoms with van der Waals surface area (Å²) in [4.78, 5) is 24.3. The zero-order valence-electron chi connectivity index (χ0n) is 10.6. The highest BCUT2D eigenvalue weighted by molar-refractivity contribution is 5.84. The van der Waals surface area contributed by atoms with Gasteiger partial charge in [-0.25, -0.2) is 4.79 Å². The molecule has 5 nitrogen and oxygen atoms in total. The number of carboxylic acids is 1. The van der Waals surface area contributed by atoms with Crippen LogP contribution in [0.5, 0.6) is 0 Å². The Morgan fingerprint density at radius 2 is 1.94 bits per heavy atom. The minimum Gasteiger partial charge on any atom is -0.480 e. The summed E-state index contributed by atoms with van der Waals surface area (Å²) in [5.74, 6) is -1.12. The van der Waals surface area contributed by atoms with Gasteiger partial charge in [-0.05, 0) is 19.3 Å². The Labute approximate surface area is 102 Å². The van der Waals surface area contributed by atoms with Crippen LogP contribution in [0.2, 0.25) is 0 Å². The fourth-order valence-electron chi connectivity index (χ4n) is 2.47. The summed E-state index contributed by atoms with van der Waals surface area (Å²) in [6, 6.07) is -0.743. The summed E-state index contributed by atoms with van der Waals surface area (Å²) < 4.78 is 0. The molecule has 0 spiro atoms. The van der Waals surface area contributed by atoms with E-state index < -0.39 is 17.6 Å². The molecular weight excluding hydrogens is 220 g/mol. The number of carbonyl (C=O) groups is 2. The number of nitrogens with two attached hydrogens (primary N) is 1. The van der Waals surface area contributed by atoms with Gasteiger partial charge in [0, 0.05) is 19.0 Å². The third-order valence-electron chi connectivity index (χ3n) is 3.64. The summed E-state index contributed by atoms with van der Waals surface area (Å²) in [6.45, 7) is 1.76. The number of rotatable bonds is 5. The second-order valence-corrected chi connectivity index (χ2v) is 5.01. The van der Waals surface area contributed by atoms with E-state index in [1.165, 1.54) is 4.90 Å². The predicted octanol–water partition coefficient (Wildman–Crippen LogP) is 0.970. The van der Waals surface area contributed by atoms with Crippen molar-refractivity contribution in [1.82, 2.24) is 4.90 Å². The van der Waals surface area contributed by atoms with Crippen molar-refractivity contribution in [3.05, 3.63) is 0 Å². The molecule has 0 saturated heterocycles. The lowest BCUT2D eigenvalue weighted by Crippen LogP contribution is -2.47. The molecule has 1 saturated carbocycles. The van der Waals surface area contributed by atoms with Crippen LogP contribution in [0.3, 0.4) is 0 Å². The number of nitrogens with zero attached hydrogens (tertiary/aromatic N) is 1. The molecule has 0 aromatic rings. The smallest absolute Gasteiger partial charge is 0.326 e. The van der Waals surface area contributed by atoms with Crippen LogP contribution in [0, 0.1) is 0 Å². The first kappa shape index (κ1) is 14.0. The van der Waals surface area contributed by atoms with Gasteiger partial charge >= 0.3 is 5.97 Å². The van der Waals surface area contributed by atoms with E-state index in [9.17, 15) is 9.59 Å². The van der Waals surface area contributed by atoms with Gasteiger partial charge in [-0.2, -0.15) is 0 Å². The quantitative estimate of drug-likeness (QED) is 0.752. The van der Waals surface area contributed by atoms with Crippen LogP contribution in [0.1, 0.15) is 45.4 Å². The molecule has 98 valence electrons. The first-order valence-electron chi connectivity index (χ1n) is 6.17. The van der Waals surface area contributed by atoms with E-state index in [0.717, 1.165) is 25.7 Å². The Hall–Kier alpha value is -1.10. The first-order chi connectivity index (χ1) is 7.89. The average molecular weight is 242 g/mol. The molecule has 0 aliphatic heterocycles. The van der Waals surface area contributed by atoms with Crippen LogP contribution in [0.25, 0.3) is 0 Å². The van der Waals surface area contributed by atoms with Gasteiger partial charge < -0.3 is 15.7 Å². The molecule has 5 heteroatoms. The van der Waals surface area contributed by atoms with Crippen molar-refractivity contribution in [1.29, 1.82) is 0 Å². The number of carbonyl (C=O) groups excluding carboxylic acids is 1. The molecule has 3 N–H and O–H groups in total. The maximum absolute atomic E-state index is 12.0. The van der Waals surface area contributed by atoms with Crippen LogP contribution in [0.4, 0.5) is 0 Å². The summed E-state index contributed by atoms with van der Waals surface area (Å²) in [5.41, 5.74) is 5.71. The minimum absolute atomic E-state index is 0.163. The number of likely N-dealkylation sites (N-methyl/N-ethyl adjacent to an activating group) is 1. The van der Waals surface area contributed by atoms with Crippen LogP contribution in [-0.2, 0) is 9.59 Å². The van der Waals surface area contributed by atoms with E-state index in [-0.39, 0.29) is 12.3 Å². The fourth-order valence-corrected chi connectivity index (χ4v) is 2.47. The summed E-state index contributed by atoms with van der Waals surface area (Å²) in [7, 11) is 1.54. The van der Waals surface area contributed by atoms with Crippen molar-refractivity contribution in [3.63, 3.8) is 0 Å². The Morgan fingerprint density at radius 3 is 2.35 bits per heavy atom. The standard InChI is InChI=1S/C12H22N2O3/c1-3-9(11(16)17)14(2)10(15)8-12(13)6-4-5-7-12/h9H,3-8,13H2,1-2H3,(H,16,17). The number of amides is 1. The molecule has 1 aliphatic carbocycles. The van der Waals surface area contributed by atoms with Gasteiger partial charge in [0.2, 0.25) is 5.91 Å². The Balaban J connectivity index is 2.60. The largest absolute Gasteiger partial charge is 0.480 e. The molecule has 0 bridgehead atoms. The summed E-state index contributed by atoms with van der Waals surface area (Å²) in [6.07, 6.45) is 4.50. The molecule has 1 unspecified atom stereocenters. The summed E-state index contributed by atoms with van der Waals surface area (Å²) in [5, 5.41) is 8.99. The van der Waals surface area contributed by atoms with Crippen LogP contribution >= 0.6 is 0 Å². The van der Waals surface area contributed by atoms with Crippen molar-refractivity contribution in [2.75, 3.05) is 7.05 Å². The molecule has 1 fully saturated rings. The van der Waals surface area contributed by atoms with Gasteiger partial charge in [-0.15, -0.1) is 0 Å². The van der Waals surface area contributed by atoms with Crippen molar-refractivity contribution in [2.45, 2.75) is 57.0 Å². The second kappa shape index (κ2) is 5.49. The molecule has 17 heavy (non-hydrogen) atoms. The highest BCUT2D eigenvalue weighted by atomic mass is 16.4. The summed E-state index contributed by atoms with van der Waals surface area (Å²) >= 11 is 0. The van der Waals surface area contributed by atoms with E-state index in [0.29, 0.717) is 6.42 Å². The van der Waals surface area contributed by atoms with Crippen LogP contribution in [0.15, 0.2) is 0 Å². The average Bonchev–Trinajstić information content (AvgIpc) is 2.65. The maximum atomic E-state index is 12.0. The van der Waals surface area contributed by atoms with E-state index in [1.807, 2.05) is 0 Å². The normalized spacial score (nSPS) is 19.9. The van der Waals surface area contributed by atoms with Crippen molar-refractivity contribution in [3.8, 4) is 0 Å². The van der Waals surface area contributed by atoms with Crippen molar-refractivity contribution < 1.29 is 14.7 Å². The number of hydrogen-bond donors (Lipinski definition) is 2. The van der Waals surface area contributed by atoms with Crippen LogP contribution in [-0.4, -0.2) is 40.5 Å². The van der Waals surface area contributed by atoms with E-state index in [4.69, 9.17) is 10.8 Å². The third kappa shape index (κ3) is 3.43. The molecule has 1 aliphatic rings. The van der Waals surface area contributed by atoms with Gasteiger partial charge in [0.05, 0.1) is 0 Å². The molecule has 1 rings (SSSR count). The lowest BCUT2D eigenvalue weighted by Gasteiger charge is -2.29. The zero-order chi connectivity index (χ0) is 13.1. The van der Waals surface area contributed by atoms with Gasteiger partial charge in [0.1, 0.15) is 6.04 Å². The van der Waals surface area contributed by atoms with Crippen LogP contribution < -0.4 is 5.73 Å². The predicted molar refractivity (Wildman–Crippen MR) is 64.5 cm³/mol. The zero-order valence-corrected chi connectivity index (χ0v) is 10.6. The number of aliphatic carboxylic acids is 1. The van der Waals surface area contributed by atoms with E-state index in [2.05, 4.69) is 0 Å². The lowest BCUT2D eigenvalue weighted by atomic mass is 9.94. The molecule has 0 aromatic heterocycles. The Kier molecular flexibility index (Phi) is 4.51. The fraction of sp³-hybridized carbons (Fsp3) is 0.833. The van der Waals surface area contributed by atoms with Gasteiger partial charge in [0.25, 0.3) is 0 Å². The minimum atomic E-state index is -0.958. The van der Waals surface area contributed by atoms with Crippen molar-refractivity contribution in [2.24, 2.45) is 5.73 Å². The number of hydrogen-bond acceptors (Lipinski definition) is 3. The lowest BCUT2D eigenvalue weighted by molar-refractivity contribution is -0.149. The molecule has 0 heterocycles. The maximum Gasteiger partial charge on any atom is 0.326 e. The van der Waals surface area contributed by atoms with E-state index >= 15 is 0 Å². The molecule has 1 amide bonds. The molecule has 0 aromatic carbocycles. The van der Waals surface area contributed by atoms with Gasteiger partial charge in [0.15, 0.2) is 0 Å². The van der Waals surface area contributed by atoms with Crippen molar-refractivity contribution >= 4 is 11.9 Å². The molecular formula is C12H22N2O3. The van der Waals surface area contributed by atoms with Gasteiger partial charge in [-0.3, -0.25) is 4.79 Å². The SMILES string of the molecule is CCC(C(=O)O)N(C)C(=O)CC1(N)CCCC1. The highest BCUT2D eigenvalue weighted by Gasteiger charge is 2.34. The van der Waals surface area contributed by atoms with E-state index in [1.54, 1.807) is 14.0 Å². The topological polar surface area (TPSA) is 83.6 Å². The monoisotopic (exact) mass is 242 g/mol. The Morgan fingerprint density at radius 1 is 1.41 bits per heavy atom. The third-order valence-corrected chi connectivity index (χ3v) is 3.64. The molecule has 1 atom stereocenters. The second-order valence-electron chi connectivity index (χ2n) is 5.01. The number of carboxylic acid groups (broad SMARTS) is 1. The highest BCUT2D eigenvalue weighted by Crippen LogP contribution is 2.30. The first-order valence-corrected chi connectivity index (χ1v) is 6.17.